The van der Waals surface area contributed by atoms with E-state index >= 15 is 0 Å². The van der Waals surface area contributed by atoms with Crippen molar-refractivity contribution in [3.8, 4) is 0 Å². The van der Waals surface area contributed by atoms with Crippen molar-refractivity contribution in [1.82, 2.24) is 19.9 Å². The van der Waals surface area contributed by atoms with E-state index in [1.54, 1.807) is 11.1 Å². The van der Waals surface area contributed by atoms with Crippen LogP contribution in [0.2, 0.25) is 0 Å². The number of anilines is 3. The number of benzene rings is 1. The minimum absolute atomic E-state index is 0.141. The smallest absolute Gasteiger partial charge is 0.254 e. The molecule has 0 aliphatic carbocycles. The Hall–Kier alpha value is -3.62. The van der Waals surface area contributed by atoms with E-state index in [2.05, 4.69) is 25.2 Å². The van der Waals surface area contributed by atoms with Gasteiger partial charge in [-0.1, -0.05) is 6.07 Å². The molecule has 9 heteroatoms. The fourth-order valence-corrected chi connectivity index (χ4v) is 3.30. The molecule has 0 saturated carbocycles. The van der Waals surface area contributed by atoms with Gasteiger partial charge in [-0.25, -0.2) is 23.7 Å². The van der Waals surface area contributed by atoms with Gasteiger partial charge in [0.2, 0.25) is 0 Å². The van der Waals surface area contributed by atoms with E-state index in [9.17, 15) is 13.6 Å². The maximum absolute atomic E-state index is 13.4. The number of piperazine rings is 1. The molecule has 0 unspecified atom stereocenters. The van der Waals surface area contributed by atoms with Crippen molar-refractivity contribution in [2.45, 2.75) is 6.92 Å². The lowest BCUT2D eigenvalue weighted by Crippen LogP contribution is -2.49. The second kappa shape index (κ2) is 8.40. The van der Waals surface area contributed by atoms with Gasteiger partial charge in [0.15, 0.2) is 11.6 Å². The lowest BCUT2D eigenvalue weighted by molar-refractivity contribution is 0.0746. The van der Waals surface area contributed by atoms with E-state index in [4.69, 9.17) is 0 Å². The Morgan fingerprint density at radius 1 is 0.967 bits per heavy atom. The number of rotatable bonds is 4. The first-order valence-corrected chi connectivity index (χ1v) is 9.52. The highest BCUT2D eigenvalue weighted by Crippen LogP contribution is 2.21. The summed E-state index contributed by atoms with van der Waals surface area (Å²) in [7, 11) is 0. The molecule has 154 valence electrons. The van der Waals surface area contributed by atoms with Crippen LogP contribution in [-0.2, 0) is 0 Å². The Morgan fingerprint density at radius 3 is 2.47 bits per heavy atom. The summed E-state index contributed by atoms with van der Waals surface area (Å²) in [4.78, 5) is 29.4. The molecular formula is C21H20F2N6O. The second-order valence-electron chi connectivity index (χ2n) is 6.91. The lowest BCUT2D eigenvalue weighted by Gasteiger charge is -2.35. The summed E-state index contributed by atoms with van der Waals surface area (Å²) >= 11 is 0. The first-order chi connectivity index (χ1) is 14.5. The van der Waals surface area contributed by atoms with Crippen LogP contribution in [0.25, 0.3) is 0 Å². The predicted molar refractivity (Wildman–Crippen MR) is 109 cm³/mol. The van der Waals surface area contributed by atoms with Crippen molar-refractivity contribution in [3.05, 3.63) is 71.7 Å². The first-order valence-electron chi connectivity index (χ1n) is 9.52. The van der Waals surface area contributed by atoms with Crippen LogP contribution in [0.5, 0.6) is 0 Å². The van der Waals surface area contributed by atoms with Gasteiger partial charge >= 0.3 is 0 Å². The molecule has 1 amide bonds. The fraction of sp³-hybridized carbons (Fsp3) is 0.238. The summed E-state index contributed by atoms with van der Waals surface area (Å²) in [5.74, 6) is 0.381. The van der Waals surface area contributed by atoms with E-state index in [1.165, 1.54) is 6.07 Å². The standard InChI is InChI=1S/C21H20F2N6O/c1-14-25-19(27-18-4-2-3-7-24-18)13-20(26-14)28-8-10-29(11-9-28)21(30)15-5-6-16(22)17(23)12-15/h2-7,12-13H,8-11H2,1H3,(H,24,25,26,27). The average Bonchev–Trinajstić information content (AvgIpc) is 2.75. The fourth-order valence-electron chi connectivity index (χ4n) is 3.30. The van der Waals surface area contributed by atoms with E-state index in [1.807, 2.05) is 31.2 Å². The molecular weight excluding hydrogens is 390 g/mol. The minimum Gasteiger partial charge on any atom is -0.353 e. The number of aromatic nitrogens is 3. The number of hydrogen-bond acceptors (Lipinski definition) is 6. The van der Waals surface area contributed by atoms with Crippen molar-refractivity contribution in [2.24, 2.45) is 0 Å². The molecule has 1 fully saturated rings. The number of hydrogen-bond donors (Lipinski definition) is 1. The maximum atomic E-state index is 13.4. The Morgan fingerprint density at radius 2 is 1.77 bits per heavy atom. The molecule has 3 aromatic rings. The lowest BCUT2D eigenvalue weighted by atomic mass is 10.1. The van der Waals surface area contributed by atoms with Crippen LogP contribution in [0, 0.1) is 18.6 Å². The third-order valence-electron chi connectivity index (χ3n) is 4.80. The van der Waals surface area contributed by atoms with Crippen LogP contribution in [0.15, 0.2) is 48.7 Å². The van der Waals surface area contributed by atoms with Gasteiger partial charge in [0.05, 0.1) is 0 Å². The summed E-state index contributed by atoms with van der Waals surface area (Å²) in [6, 6.07) is 10.6. The Kier molecular flexibility index (Phi) is 5.51. The van der Waals surface area contributed by atoms with Gasteiger partial charge in [-0.05, 0) is 37.3 Å². The molecule has 0 bridgehead atoms. The Balaban J connectivity index is 1.43. The number of nitrogens with zero attached hydrogens (tertiary/aromatic N) is 5. The van der Waals surface area contributed by atoms with Crippen LogP contribution < -0.4 is 10.2 Å². The maximum Gasteiger partial charge on any atom is 0.254 e. The van der Waals surface area contributed by atoms with Crippen LogP contribution in [-0.4, -0.2) is 51.9 Å². The Labute approximate surface area is 172 Å². The average molecular weight is 410 g/mol. The van der Waals surface area contributed by atoms with Crippen molar-refractivity contribution in [3.63, 3.8) is 0 Å². The zero-order valence-corrected chi connectivity index (χ0v) is 16.3. The number of carbonyl (C=O) groups excluding carboxylic acids is 1. The van der Waals surface area contributed by atoms with Crippen LogP contribution >= 0.6 is 0 Å². The second-order valence-corrected chi connectivity index (χ2v) is 6.91. The van der Waals surface area contributed by atoms with Gasteiger partial charge in [-0.2, -0.15) is 0 Å². The van der Waals surface area contributed by atoms with Gasteiger partial charge in [-0.3, -0.25) is 4.79 Å². The third-order valence-corrected chi connectivity index (χ3v) is 4.80. The van der Waals surface area contributed by atoms with Crippen molar-refractivity contribution in [2.75, 3.05) is 36.4 Å². The summed E-state index contributed by atoms with van der Waals surface area (Å²) in [5, 5.41) is 3.16. The largest absolute Gasteiger partial charge is 0.353 e. The van der Waals surface area contributed by atoms with Gasteiger partial charge in [-0.15, -0.1) is 0 Å². The van der Waals surface area contributed by atoms with Crippen LogP contribution in [0.3, 0.4) is 0 Å². The molecule has 1 aliphatic heterocycles. The van der Waals surface area contributed by atoms with E-state index in [-0.39, 0.29) is 11.5 Å². The predicted octanol–water partition coefficient (Wildman–Crippen LogP) is 3.16. The van der Waals surface area contributed by atoms with Gasteiger partial charge < -0.3 is 15.1 Å². The number of amides is 1. The number of pyridine rings is 1. The molecule has 1 aromatic carbocycles. The number of carbonyl (C=O) groups is 1. The topological polar surface area (TPSA) is 74.2 Å². The highest BCUT2D eigenvalue weighted by Gasteiger charge is 2.24. The summed E-state index contributed by atoms with van der Waals surface area (Å²) in [6.45, 7) is 3.84. The minimum atomic E-state index is -1.02. The molecule has 0 spiro atoms. The SMILES string of the molecule is Cc1nc(Nc2ccccn2)cc(N2CCN(C(=O)c3ccc(F)c(F)c3)CC2)n1. The molecule has 3 heterocycles. The number of halogens is 2. The molecule has 30 heavy (non-hydrogen) atoms. The highest BCUT2D eigenvalue weighted by atomic mass is 19.2. The molecule has 7 nitrogen and oxygen atoms in total. The van der Waals surface area contributed by atoms with Gasteiger partial charge in [0.1, 0.15) is 23.3 Å². The monoisotopic (exact) mass is 410 g/mol. The molecule has 1 saturated heterocycles. The van der Waals surface area contributed by atoms with Crippen molar-refractivity contribution < 1.29 is 13.6 Å². The van der Waals surface area contributed by atoms with E-state index in [0.29, 0.717) is 43.6 Å². The van der Waals surface area contributed by atoms with Crippen molar-refractivity contribution in [1.29, 1.82) is 0 Å². The normalized spacial score (nSPS) is 14.0. The quantitative estimate of drug-likeness (QED) is 0.712. The van der Waals surface area contributed by atoms with Crippen molar-refractivity contribution >= 4 is 23.4 Å². The zero-order chi connectivity index (χ0) is 21.1. The molecule has 2 aromatic heterocycles. The molecule has 0 radical (unpaired) electrons. The molecule has 0 atom stereocenters. The molecule has 4 rings (SSSR count). The Bertz CT molecular complexity index is 1050. The van der Waals surface area contributed by atoms with Gasteiger partial charge in [0, 0.05) is 44.0 Å². The first kappa shape index (κ1) is 19.7. The van der Waals surface area contributed by atoms with E-state index in [0.717, 1.165) is 18.0 Å². The van der Waals surface area contributed by atoms with E-state index < -0.39 is 11.6 Å². The number of nitrogens with one attached hydrogen (secondary N) is 1. The molecule has 1 aliphatic rings. The highest BCUT2D eigenvalue weighted by molar-refractivity contribution is 5.94. The zero-order valence-electron chi connectivity index (χ0n) is 16.3. The summed E-state index contributed by atoms with van der Waals surface area (Å²) < 4.78 is 26.6. The van der Waals surface area contributed by atoms with Gasteiger partial charge in [0.25, 0.3) is 5.91 Å². The van der Waals surface area contributed by atoms with Crippen LogP contribution in [0.4, 0.5) is 26.2 Å². The number of aryl methyl sites for hydroxylation is 1. The summed E-state index contributed by atoms with van der Waals surface area (Å²) in [6.07, 6.45) is 1.69. The summed E-state index contributed by atoms with van der Waals surface area (Å²) in [5.41, 5.74) is 0.141. The van der Waals surface area contributed by atoms with Crippen LogP contribution in [0.1, 0.15) is 16.2 Å². The molecule has 1 N–H and O–H groups in total. The third kappa shape index (κ3) is 4.35.